The van der Waals surface area contributed by atoms with Gasteiger partial charge in [0.1, 0.15) is 11.5 Å². The Bertz CT molecular complexity index is 972. The molecule has 1 heterocycles. The van der Waals surface area contributed by atoms with Crippen LogP contribution in [0.15, 0.2) is 60.8 Å². The van der Waals surface area contributed by atoms with Crippen LogP contribution in [0.3, 0.4) is 0 Å². The number of aromatic nitrogens is 2. The van der Waals surface area contributed by atoms with Crippen molar-refractivity contribution < 1.29 is 14.0 Å². The molecule has 0 saturated heterocycles. The molecule has 1 amide bonds. The molecule has 28 heavy (non-hydrogen) atoms. The number of carbonyl (C=O) groups is 2. The number of nitrogens with one attached hydrogen (secondary N) is 2. The second-order valence-electron chi connectivity index (χ2n) is 6.16. The molecule has 3 rings (SSSR count). The number of hydrogen-bond donors (Lipinski definition) is 2. The summed E-state index contributed by atoms with van der Waals surface area (Å²) in [6.45, 7) is 1.91. The third-order valence-electron chi connectivity index (χ3n) is 4.05. The molecule has 0 spiro atoms. The molecule has 6 nitrogen and oxygen atoms in total. The van der Waals surface area contributed by atoms with Gasteiger partial charge in [-0.05, 0) is 61.4 Å². The van der Waals surface area contributed by atoms with Crippen LogP contribution in [0, 0.1) is 5.82 Å². The van der Waals surface area contributed by atoms with E-state index in [0.717, 1.165) is 5.56 Å². The van der Waals surface area contributed by atoms with Crippen molar-refractivity contribution >= 4 is 23.3 Å². The third kappa shape index (κ3) is 5.20. The SMILES string of the molecule is CC(=O)c1ccc(Nc2nccc(C(=O)NCCc3ccc(F)cc3)n2)cc1. The van der Waals surface area contributed by atoms with E-state index in [4.69, 9.17) is 0 Å². The monoisotopic (exact) mass is 378 g/mol. The van der Waals surface area contributed by atoms with Gasteiger partial charge < -0.3 is 10.6 Å². The van der Waals surface area contributed by atoms with E-state index < -0.39 is 0 Å². The molecule has 0 unspecified atom stereocenters. The first-order chi connectivity index (χ1) is 13.5. The molecule has 3 aromatic rings. The average molecular weight is 378 g/mol. The summed E-state index contributed by atoms with van der Waals surface area (Å²) in [6.07, 6.45) is 2.08. The molecule has 142 valence electrons. The van der Waals surface area contributed by atoms with Gasteiger partial charge in [-0.2, -0.15) is 0 Å². The fourth-order valence-corrected chi connectivity index (χ4v) is 2.52. The zero-order chi connectivity index (χ0) is 19.9. The number of amides is 1. The van der Waals surface area contributed by atoms with Crippen molar-refractivity contribution in [3.63, 3.8) is 0 Å². The highest BCUT2D eigenvalue weighted by Gasteiger charge is 2.09. The summed E-state index contributed by atoms with van der Waals surface area (Å²) in [5, 5.41) is 5.79. The number of nitrogens with zero attached hydrogens (tertiary/aromatic N) is 2. The molecule has 0 fully saturated rings. The van der Waals surface area contributed by atoms with Gasteiger partial charge in [0.2, 0.25) is 5.95 Å². The van der Waals surface area contributed by atoms with E-state index in [0.29, 0.717) is 24.2 Å². The molecule has 0 aliphatic carbocycles. The highest BCUT2D eigenvalue weighted by atomic mass is 19.1. The zero-order valence-corrected chi connectivity index (χ0v) is 15.3. The number of carbonyl (C=O) groups excluding carboxylic acids is 2. The van der Waals surface area contributed by atoms with Crippen LogP contribution in [0.1, 0.15) is 33.3 Å². The normalized spacial score (nSPS) is 10.4. The van der Waals surface area contributed by atoms with Crippen molar-refractivity contribution in [2.75, 3.05) is 11.9 Å². The molecule has 2 aromatic carbocycles. The minimum Gasteiger partial charge on any atom is -0.350 e. The van der Waals surface area contributed by atoms with E-state index in [9.17, 15) is 14.0 Å². The maximum atomic E-state index is 12.9. The maximum absolute atomic E-state index is 12.9. The van der Waals surface area contributed by atoms with Crippen molar-refractivity contribution in [2.45, 2.75) is 13.3 Å². The van der Waals surface area contributed by atoms with Crippen LogP contribution >= 0.6 is 0 Å². The second kappa shape index (κ2) is 8.85. The lowest BCUT2D eigenvalue weighted by Crippen LogP contribution is -2.26. The van der Waals surface area contributed by atoms with Crippen LogP contribution in [0.2, 0.25) is 0 Å². The highest BCUT2D eigenvalue weighted by Crippen LogP contribution is 2.14. The van der Waals surface area contributed by atoms with Gasteiger partial charge in [-0.1, -0.05) is 12.1 Å². The number of anilines is 2. The first-order valence-corrected chi connectivity index (χ1v) is 8.75. The van der Waals surface area contributed by atoms with E-state index in [1.165, 1.54) is 31.3 Å². The first-order valence-electron chi connectivity index (χ1n) is 8.75. The number of benzene rings is 2. The minimum atomic E-state index is -0.320. The minimum absolute atomic E-state index is 0.0119. The number of hydrogen-bond acceptors (Lipinski definition) is 5. The summed E-state index contributed by atoms with van der Waals surface area (Å²) in [6, 6.07) is 14.6. The number of halogens is 1. The molecule has 0 aliphatic rings. The van der Waals surface area contributed by atoms with Gasteiger partial charge in [0.05, 0.1) is 0 Å². The summed E-state index contributed by atoms with van der Waals surface area (Å²) < 4.78 is 12.9. The smallest absolute Gasteiger partial charge is 0.270 e. The Balaban J connectivity index is 1.58. The van der Waals surface area contributed by atoms with Gasteiger partial charge in [-0.3, -0.25) is 9.59 Å². The quantitative estimate of drug-likeness (QED) is 0.615. The molecule has 0 saturated carbocycles. The van der Waals surface area contributed by atoms with Gasteiger partial charge in [-0.25, -0.2) is 14.4 Å². The van der Waals surface area contributed by atoms with E-state index >= 15 is 0 Å². The van der Waals surface area contributed by atoms with E-state index in [1.807, 2.05) is 0 Å². The van der Waals surface area contributed by atoms with Crippen LogP contribution < -0.4 is 10.6 Å². The number of rotatable bonds is 7. The highest BCUT2D eigenvalue weighted by molar-refractivity contribution is 5.94. The zero-order valence-electron chi connectivity index (χ0n) is 15.3. The van der Waals surface area contributed by atoms with Gasteiger partial charge >= 0.3 is 0 Å². The molecule has 2 N–H and O–H groups in total. The summed E-state index contributed by atoms with van der Waals surface area (Å²) in [5.74, 6) is -0.340. The number of ketones is 1. The standard InChI is InChI=1S/C21H19FN4O2/c1-14(27)16-4-8-18(9-5-16)25-21-24-13-11-19(26-21)20(28)23-12-10-15-2-6-17(22)7-3-15/h2-9,11,13H,10,12H2,1H3,(H,23,28)(H,24,25,26). The topological polar surface area (TPSA) is 84.0 Å². The fourth-order valence-electron chi connectivity index (χ4n) is 2.52. The lowest BCUT2D eigenvalue weighted by molar-refractivity contribution is 0.0948. The molecule has 0 bridgehead atoms. The molecule has 1 aromatic heterocycles. The van der Waals surface area contributed by atoms with Crippen molar-refractivity contribution in [3.05, 3.63) is 83.4 Å². The summed E-state index contributed by atoms with van der Waals surface area (Å²) >= 11 is 0. The van der Waals surface area contributed by atoms with Crippen LogP contribution in [0.4, 0.5) is 16.0 Å². The van der Waals surface area contributed by atoms with Crippen molar-refractivity contribution in [3.8, 4) is 0 Å². The van der Waals surface area contributed by atoms with Crippen molar-refractivity contribution in [1.82, 2.24) is 15.3 Å². The van der Waals surface area contributed by atoms with Gasteiger partial charge in [0.15, 0.2) is 5.78 Å². The lowest BCUT2D eigenvalue weighted by Gasteiger charge is -2.08. The Labute approximate surface area is 161 Å². The van der Waals surface area contributed by atoms with Crippen molar-refractivity contribution in [2.24, 2.45) is 0 Å². The first kappa shape index (κ1) is 19.2. The molecular weight excluding hydrogens is 359 g/mol. The Hall–Kier alpha value is -3.61. The Morgan fingerprint density at radius 3 is 2.39 bits per heavy atom. The fraction of sp³-hybridized carbons (Fsp3) is 0.143. The van der Waals surface area contributed by atoms with Gasteiger partial charge in [0.25, 0.3) is 5.91 Å². The van der Waals surface area contributed by atoms with Crippen LogP contribution in [-0.2, 0) is 6.42 Å². The van der Waals surface area contributed by atoms with Gasteiger partial charge in [0, 0.05) is 24.0 Å². The largest absolute Gasteiger partial charge is 0.350 e. The number of Topliss-reactive ketones (excluding diaryl/α,β-unsaturated/α-hetero) is 1. The Morgan fingerprint density at radius 1 is 1.00 bits per heavy atom. The Morgan fingerprint density at radius 2 is 1.71 bits per heavy atom. The summed E-state index contributed by atoms with van der Waals surface area (Å²) in [5.41, 5.74) is 2.48. The average Bonchev–Trinajstić information content (AvgIpc) is 2.70. The molecule has 0 aliphatic heterocycles. The van der Waals surface area contributed by atoms with E-state index in [-0.39, 0.29) is 29.1 Å². The van der Waals surface area contributed by atoms with Crippen LogP contribution in [0.5, 0.6) is 0 Å². The maximum Gasteiger partial charge on any atom is 0.270 e. The molecule has 0 radical (unpaired) electrons. The summed E-state index contributed by atoms with van der Waals surface area (Å²) in [4.78, 5) is 31.9. The second-order valence-corrected chi connectivity index (χ2v) is 6.16. The van der Waals surface area contributed by atoms with Gasteiger partial charge in [-0.15, -0.1) is 0 Å². The van der Waals surface area contributed by atoms with E-state index in [2.05, 4.69) is 20.6 Å². The predicted octanol–water partition coefficient (Wildman–Crippen LogP) is 3.53. The predicted molar refractivity (Wildman–Crippen MR) is 104 cm³/mol. The molecular formula is C21H19FN4O2. The van der Waals surface area contributed by atoms with Crippen molar-refractivity contribution in [1.29, 1.82) is 0 Å². The lowest BCUT2D eigenvalue weighted by atomic mass is 10.1. The summed E-state index contributed by atoms with van der Waals surface area (Å²) in [7, 11) is 0. The van der Waals surface area contributed by atoms with E-state index in [1.54, 1.807) is 36.4 Å². The van der Waals surface area contributed by atoms with Crippen LogP contribution in [0.25, 0.3) is 0 Å². The van der Waals surface area contributed by atoms with Crippen LogP contribution in [-0.4, -0.2) is 28.2 Å². The molecule has 7 heteroatoms. The third-order valence-corrected chi connectivity index (χ3v) is 4.05. The molecule has 0 atom stereocenters. The Kier molecular flexibility index (Phi) is 6.06.